The average Bonchev–Trinajstić information content (AvgIpc) is 2.75. The maximum absolute atomic E-state index is 5.77. The lowest BCUT2D eigenvalue weighted by Gasteiger charge is -2.08. The molecule has 1 heterocycles. The fourth-order valence-electron chi connectivity index (χ4n) is 2.25. The van der Waals surface area contributed by atoms with Crippen LogP contribution in [0.4, 0.5) is 0 Å². The summed E-state index contributed by atoms with van der Waals surface area (Å²) in [5.74, 6) is 0.994. The van der Waals surface area contributed by atoms with Crippen LogP contribution in [0.3, 0.4) is 0 Å². The van der Waals surface area contributed by atoms with E-state index in [1.807, 2.05) is 0 Å². The molecule has 1 aliphatic heterocycles. The standard InChI is InChI=1S/C14H15N3/c15-13-9-16-14(17-13)8-11-6-3-5-10-4-1-2-7-12(10)11/h1-7,13H,8-9,15H2,(H,16,17). The summed E-state index contributed by atoms with van der Waals surface area (Å²) in [7, 11) is 0. The van der Waals surface area contributed by atoms with Gasteiger partial charge in [0.1, 0.15) is 5.84 Å². The minimum absolute atomic E-state index is 0.0139. The first kappa shape index (κ1) is 10.3. The molecule has 0 saturated carbocycles. The number of hydrogen-bond donors (Lipinski definition) is 2. The van der Waals surface area contributed by atoms with E-state index in [-0.39, 0.29) is 6.17 Å². The second-order valence-electron chi connectivity index (χ2n) is 4.35. The molecule has 0 saturated heterocycles. The smallest absolute Gasteiger partial charge is 0.102 e. The van der Waals surface area contributed by atoms with Gasteiger partial charge in [-0.15, -0.1) is 0 Å². The number of rotatable bonds is 2. The molecule has 2 aromatic rings. The largest absolute Gasteiger partial charge is 0.357 e. The third-order valence-electron chi connectivity index (χ3n) is 3.07. The predicted molar refractivity (Wildman–Crippen MR) is 71.1 cm³/mol. The number of aliphatic imine (C=N–C) groups is 1. The van der Waals surface area contributed by atoms with Gasteiger partial charge in [-0.3, -0.25) is 4.99 Å². The molecule has 2 aromatic carbocycles. The molecule has 0 bridgehead atoms. The van der Waals surface area contributed by atoms with Gasteiger partial charge in [-0.1, -0.05) is 42.5 Å². The van der Waals surface area contributed by atoms with E-state index in [2.05, 4.69) is 52.8 Å². The van der Waals surface area contributed by atoms with Gasteiger partial charge >= 0.3 is 0 Å². The lowest BCUT2D eigenvalue weighted by atomic mass is 10.0. The van der Waals surface area contributed by atoms with Crippen LogP contribution in [0.2, 0.25) is 0 Å². The Kier molecular flexibility index (Phi) is 2.53. The van der Waals surface area contributed by atoms with E-state index in [4.69, 9.17) is 5.73 Å². The van der Waals surface area contributed by atoms with Crippen LogP contribution in [0.1, 0.15) is 5.56 Å². The second-order valence-corrected chi connectivity index (χ2v) is 4.35. The molecule has 1 unspecified atom stereocenters. The summed E-state index contributed by atoms with van der Waals surface area (Å²) in [4.78, 5) is 4.40. The molecule has 3 N–H and O–H groups in total. The van der Waals surface area contributed by atoms with Crippen molar-refractivity contribution in [1.82, 2.24) is 5.32 Å². The first-order valence-electron chi connectivity index (χ1n) is 5.85. The van der Waals surface area contributed by atoms with Crippen molar-refractivity contribution >= 4 is 16.6 Å². The van der Waals surface area contributed by atoms with Gasteiger partial charge in [-0.05, 0) is 16.3 Å². The summed E-state index contributed by atoms with van der Waals surface area (Å²) >= 11 is 0. The van der Waals surface area contributed by atoms with Crippen molar-refractivity contribution in [2.45, 2.75) is 12.6 Å². The molecule has 3 rings (SSSR count). The highest BCUT2D eigenvalue weighted by atomic mass is 15.2. The molecular formula is C14H15N3. The van der Waals surface area contributed by atoms with Crippen LogP contribution in [0.25, 0.3) is 10.8 Å². The van der Waals surface area contributed by atoms with Gasteiger partial charge in [0.05, 0.1) is 12.7 Å². The molecule has 0 radical (unpaired) electrons. The van der Waals surface area contributed by atoms with Gasteiger partial charge in [0.25, 0.3) is 0 Å². The molecule has 17 heavy (non-hydrogen) atoms. The molecule has 1 aliphatic rings. The summed E-state index contributed by atoms with van der Waals surface area (Å²) in [5, 5.41) is 5.76. The molecule has 1 atom stereocenters. The van der Waals surface area contributed by atoms with Gasteiger partial charge in [-0.2, -0.15) is 0 Å². The second kappa shape index (κ2) is 4.18. The van der Waals surface area contributed by atoms with Crippen LogP contribution < -0.4 is 11.1 Å². The molecule has 0 spiro atoms. The van der Waals surface area contributed by atoms with E-state index in [0.717, 1.165) is 12.3 Å². The van der Waals surface area contributed by atoms with E-state index >= 15 is 0 Å². The number of hydrogen-bond acceptors (Lipinski definition) is 3. The lowest BCUT2D eigenvalue weighted by molar-refractivity contribution is 0.689. The Hall–Kier alpha value is -1.87. The Morgan fingerprint density at radius 3 is 2.82 bits per heavy atom. The van der Waals surface area contributed by atoms with E-state index in [1.54, 1.807) is 0 Å². The van der Waals surface area contributed by atoms with Gasteiger partial charge in [0, 0.05) is 6.42 Å². The molecule has 0 amide bonds. The van der Waals surface area contributed by atoms with E-state index < -0.39 is 0 Å². The van der Waals surface area contributed by atoms with Crippen molar-refractivity contribution in [3.8, 4) is 0 Å². The fraction of sp³-hybridized carbons (Fsp3) is 0.214. The quantitative estimate of drug-likeness (QED) is 0.816. The van der Waals surface area contributed by atoms with Crippen LogP contribution >= 0.6 is 0 Å². The predicted octanol–water partition coefficient (Wildman–Crippen LogP) is 1.67. The molecule has 0 aliphatic carbocycles. The highest BCUT2D eigenvalue weighted by molar-refractivity contribution is 5.92. The van der Waals surface area contributed by atoms with E-state index in [1.165, 1.54) is 16.3 Å². The van der Waals surface area contributed by atoms with Gasteiger partial charge in [0.2, 0.25) is 0 Å². The number of nitrogens with two attached hydrogens (primary N) is 1. The minimum Gasteiger partial charge on any atom is -0.357 e. The van der Waals surface area contributed by atoms with Crippen molar-refractivity contribution in [3.05, 3.63) is 48.0 Å². The number of nitrogens with zero attached hydrogens (tertiary/aromatic N) is 1. The molecule has 86 valence electrons. The van der Waals surface area contributed by atoms with Gasteiger partial charge < -0.3 is 11.1 Å². The lowest BCUT2D eigenvalue weighted by Crippen LogP contribution is -2.38. The molecule has 3 nitrogen and oxygen atoms in total. The van der Waals surface area contributed by atoms with Crippen LogP contribution in [-0.2, 0) is 6.42 Å². The Labute approximate surface area is 100 Å². The highest BCUT2D eigenvalue weighted by Crippen LogP contribution is 2.19. The van der Waals surface area contributed by atoms with Gasteiger partial charge in [-0.25, -0.2) is 0 Å². The van der Waals surface area contributed by atoms with Crippen molar-refractivity contribution in [2.24, 2.45) is 10.7 Å². The Bertz CT molecular complexity index is 569. The summed E-state index contributed by atoms with van der Waals surface area (Å²) in [5.41, 5.74) is 7.06. The summed E-state index contributed by atoms with van der Waals surface area (Å²) in [6.07, 6.45) is 0.815. The first-order chi connectivity index (χ1) is 8.33. The normalized spacial score (nSPS) is 19.1. The van der Waals surface area contributed by atoms with Crippen molar-refractivity contribution < 1.29 is 0 Å². The summed E-state index contributed by atoms with van der Waals surface area (Å²) in [6.45, 7) is 0.681. The average molecular weight is 225 g/mol. The third kappa shape index (κ3) is 2.01. The maximum Gasteiger partial charge on any atom is 0.102 e. The van der Waals surface area contributed by atoms with Crippen molar-refractivity contribution in [2.75, 3.05) is 6.54 Å². The Morgan fingerprint density at radius 1 is 1.18 bits per heavy atom. The Balaban J connectivity index is 1.95. The third-order valence-corrected chi connectivity index (χ3v) is 3.07. The minimum atomic E-state index is -0.0139. The zero-order valence-electron chi connectivity index (χ0n) is 9.56. The summed E-state index contributed by atoms with van der Waals surface area (Å²) in [6, 6.07) is 14.8. The number of amidine groups is 1. The van der Waals surface area contributed by atoms with Crippen LogP contribution in [0, 0.1) is 0 Å². The summed E-state index contributed by atoms with van der Waals surface area (Å²) < 4.78 is 0. The Morgan fingerprint density at radius 2 is 2.00 bits per heavy atom. The zero-order valence-corrected chi connectivity index (χ0v) is 9.56. The maximum atomic E-state index is 5.77. The number of nitrogens with one attached hydrogen (secondary N) is 1. The molecule has 0 aromatic heterocycles. The van der Waals surface area contributed by atoms with Crippen LogP contribution in [0.5, 0.6) is 0 Å². The highest BCUT2D eigenvalue weighted by Gasteiger charge is 2.13. The number of benzene rings is 2. The van der Waals surface area contributed by atoms with Crippen molar-refractivity contribution in [3.63, 3.8) is 0 Å². The van der Waals surface area contributed by atoms with Crippen LogP contribution in [-0.4, -0.2) is 18.5 Å². The van der Waals surface area contributed by atoms with Crippen molar-refractivity contribution in [1.29, 1.82) is 0 Å². The molecular weight excluding hydrogens is 210 g/mol. The monoisotopic (exact) mass is 225 g/mol. The molecule has 0 fully saturated rings. The SMILES string of the molecule is NC1CN=C(Cc2cccc3ccccc23)N1. The first-order valence-corrected chi connectivity index (χ1v) is 5.85. The van der Waals surface area contributed by atoms with E-state index in [0.29, 0.717) is 6.54 Å². The fourth-order valence-corrected chi connectivity index (χ4v) is 2.25. The molecule has 3 heteroatoms. The zero-order chi connectivity index (χ0) is 11.7. The van der Waals surface area contributed by atoms with Crippen LogP contribution in [0.15, 0.2) is 47.5 Å². The van der Waals surface area contributed by atoms with Gasteiger partial charge in [0.15, 0.2) is 0 Å². The number of fused-ring (bicyclic) bond motifs is 1. The van der Waals surface area contributed by atoms with E-state index in [9.17, 15) is 0 Å². The topological polar surface area (TPSA) is 50.4 Å².